The van der Waals surface area contributed by atoms with Crippen molar-refractivity contribution >= 4 is 17.2 Å². The second-order valence-corrected chi connectivity index (χ2v) is 7.75. The summed E-state index contributed by atoms with van der Waals surface area (Å²) in [6.07, 6.45) is 4.54. The number of fused-ring (bicyclic) bond motifs is 1. The largest absolute Gasteiger partial charge is 0.307 e. The summed E-state index contributed by atoms with van der Waals surface area (Å²) in [5.41, 5.74) is 5.64. The normalized spacial score (nSPS) is 15.1. The van der Waals surface area contributed by atoms with Gasteiger partial charge in [-0.2, -0.15) is 0 Å². The molecule has 0 radical (unpaired) electrons. The van der Waals surface area contributed by atoms with Crippen LogP contribution in [0.3, 0.4) is 0 Å². The summed E-state index contributed by atoms with van der Waals surface area (Å²) in [7, 11) is 0. The number of hydrogen-bond acceptors (Lipinski definition) is 2. The molecule has 4 rings (SSSR count). The lowest BCUT2D eigenvalue weighted by atomic mass is 9.98. The Balaban J connectivity index is 1.83. The molecular formula is C28H28N2. The molecule has 2 heteroatoms. The third kappa shape index (κ3) is 4.31. The van der Waals surface area contributed by atoms with E-state index < -0.39 is 0 Å². The van der Waals surface area contributed by atoms with Crippen LogP contribution in [0.4, 0.5) is 11.4 Å². The molecule has 1 heterocycles. The first kappa shape index (κ1) is 20.0. The molecule has 1 unspecified atom stereocenters. The van der Waals surface area contributed by atoms with Crippen LogP contribution in [0.1, 0.15) is 55.3 Å². The van der Waals surface area contributed by atoms with Crippen molar-refractivity contribution in [3.05, 3.63) is 95.6 Å². The van der Waals surface area contributed by atoms with Crippen LogP contribution in [-0.4, -0.2) is 5.84 Å². The van der Waals surface area contributed by atoms with Gasteiger partial charge in [0.1, 0.15) is 11.9 Å². The Morgan fingerprint density at radius 2 is 1.60 bits per heavy atom. The molecule has 1 aliphatic rings. The van der Waals surface area contributed by atoms with E-state index in [-0.39, 0.29) is 6.04 Å². The van der Waals surface area contributed by atoms with E-state index in [1.54, 1.807) is 0 Å². The van der Waals surface area contributed by atoms with Gasteiger partial charge in [-0.3, -0.25) is 0 Å². The molecule has 3 aromatic carbocycles. The maximum absolute atomic E-state index is 5.09. The maximum atomic E-state index is 5.09. The Kier molecular flexibility index (Phi) is 6.30. The topological polar surface area (TPSA) is 15.6 Å². The van der Waals surface area contributed by atoms with Gasteiger partial charge in [0.05, 0.1) is 5.69 Å². The fourth-order valence-electron chi connectivity index (χ4n) is 3.79. The lowest BCUT2D eigenvalue weighted by molar-refractivity contribution is 0.736. The van der Waals surface area contributed by atoms with Gasteiger partial charge in [-0.1, -0.05) is 91.9 Å². The number of nitrogens with zero attached hydrogens (tertiary/aromatic N) is 2. The number of unbranched alkanes of at least 4 members (excludes halogenated alkanes) is 3. The number of para-hydroxylation sites is 2. The van der Waals surface area contributed by atoms with Crippen LogP contribution in [0.2, 0.25) is 0 Å². The zero-order valence-electron chi connectivity index (χ0n) is 17.8. The quantitative estimate of drug-likeness (QED) is 0.331. The molecule has 0 bridgehead atoms. The summed E-state index contributed by atoms with van der Waals surface area (Å²) < 4.78 is 0. The number of hydrogen-bond donors (Lipinski definition) is 0. The molecule has 0 N–H and O–H groups in total. The molecule has 0 saturated carbocycles. The lowest BCUT2D eigenvalue weighted by Gasteiger charge is -2.36. The van der Waals surface area contributed by atoms with Gasteiger partial charge in [-0.05, 0) is 31.5 Å². The van der Waals surface area contributed by atoms with E-state index in [2.05, 4.69) is 109 Å². The Bertz CT molecular complexity index is 1070. The maximum Gasteiger partial charge on any atom is 0.142 e. The number of benzene rings is 3. The number of aliphatic imine (C=N–C) groups is 1. The highest BCUT2D eigenvalue weighted by molar-refractivity contribution is 6.13. The molecule has 1 aliphatic heterocycles. The van der Waals surface area contributed by atoms with E-state index in [1.807, 2.05) is 0 Å². The van der Waals surface area contributed by atoms with Gasteiger partial charge in [0.15, 0.2) is 0 Å². The minimum absolute atomic E-state index is 0.0565. The fraction of sp³-hybridized carbons (Fsp3) is 0.250. The minimum Gasteiger partial charge on any atom is -0.307 e. The van der Waals surface area contributed by atoms with Crippen LogP contribution in [0, 0.1) is 18.8 Å². The molecule has 150 valence electrons. The Labute approximate surface area is 180 Å². The van der Waals surface area contributed by atoms with Crippen molar-refractivity contribution in [3.63, 3.8) is 0 Å². The number of aryl methyl sites for hydroxylation is 1. The van der Waals surface area contributed by atoms with Crippen LogP contribution in [0.5, 0.6) is 0 Å². The molecular weight excluding hydrogens is 364 g/mol. The van der Waals surface area contributed by atoms with Gasteiger partial charge in [0.25, 0.3) is 0 Å². The predicted molar refractivity (Wildman–Crippen MR) is 127 cm³/mol. The highest BCUT2D eigenvalue weighted by atomic mass is 15.2. The third-order valence-corrected chi connectivity index (χ3v) is 5.43. The molecule has 0 fully saturated rings. The highest BCUT2D eigenvalue weighted by Gasteiger charge is 2.30. The van der Waals surface area contributed by atoms with Gasteiger partial charge in [0, 0.05) is 23.2 Å². The molecule has 0 aromatic heterocycles. The fourth-order valence-corrected chi connectivity index (χ4v) is 3.79. The van der Waals surface area contributed by atoms with Gasteiger partial charge in [-0.15, -0.1) is 5.92 Å². The van der Waals surface area contributed by atoms with Crippen molar-refractivity contribution in [2.45, 2.75) is 45.6 Å². The first-order chi connectivity index (χ1) is 14.8. The molecule has 1 atom stereocenters. The number of rotatable bonds is 5. The standard InChI is InChI=1S/C28H28N2/c1-3-4-5-6-10-17-27-25-15-11-12-16-26(25)29-28(23-20-18-22(2)19-21-23)30(27)24-13-8-7-9-14-24/h7-9,11-16,18-21,27H,3-6H2,1-2H3. The highest BCUT2D eigenvalue weighted by Crippen LogP contribution is 2.38. The first-order valence-electron chi connectivity index (χ1n) is 10.9. The number of amidine groups is 1. The van der Waals surface area contributed by atoms with Crippen molar-refractivity contribution in [1.29, 1.82) is 0 Å². The van der Waals surface area contributed by atoms with Crippen LogP contribution in [0.25, 0.3) is 0 Å². The van der Waals surface area contributed by atoms with E-state index in [9.17, 15) is 0 Å². The molecule has 3 aromatic rings. The minimum atomic E-state index is -0.0565. The third-order valence-electron chi connectivity index (χ3n) is 5.43. The zero-order chi connectivity index (χ0) is 20.8. The molecule has 0 spiro atoms. The monoisotopic (exact) mass is 392 g/mol. The van der Waals surface area contributed by atoms with Crippen LogP contribution < -0.4 is 4.90 Å². The SMILES string of the molecule is CCCCCC#CC1c2ccccc2N=C(c2ccc(C)cc2)N1c1ccccc1. The Morgan fingerprint density at radius 1 is 0.867 bits per heavy atom. The van der Waals surface area contributed by atoms with Gasteiger partial charge >= 0.3 is 0 Å². The van der Waals surface area contributed by atoms with Crippen molar-refractivity contribution in [2.75, 3.05) is 4.90 Å². The second-order valence-electron chi connectivity index (χ2n) is 7.75. The van der Waals surface area contributed by atoms with Crippen molar-refractivity contribution < 1.29 is 0 Å². The zero-order valence-corrected chi connectivity index (χ0v) is 17.8. The Hall–Kier alpha value is -3.31. The second kappa shape index (κ2) is 9.46. The molecule has 30 heavy (non-hydrogen) atoms. The molecule has 0 saturated heterocycles. The van der Waals surface area contributed by atoms with Gasteiger partial charge in [0.2, 0.25) is 0 Å². The Morgan fingerprint density at radius 3 is 2.37 bits per heavy atom. The van der Waals surface area contributed by atoms with E-state index in [0.29, 0.717) is 0 Å². The van der Waals surface area contributed by atoms with E-state index >= 15 is 0 Å². The van der Waals surface area contributed by atoms with E-state index in [0.717, 1.165) is 35.6 Å². The predicted octanol–water partition coefficient (Wildman–Crippen LogP) is 7.22. The number of anilines is 1. The summed E-state index contributed by atoms with van der Waals surface area (Å²) in [6, 6.07) is 27.4. The van der Waals surface area contributed by atoms with Crippen molar-refractivity contribution in [1.82, 2.24) is 0 Å². The lowest BCUT2D eigenvalue weighted by Crippen LogP contribution is -2.37. The molecule has 0 amide bonds. The summed E-state index contributed by atoms with van der Waals surface area (Å²) in [6.45, 7) is 4.34. The van der Waals surface area contributed by atoms with Crippen molar-refractivity contribution in [3.8, 4) is 11.8 Å². The van der Waals surface area contributed by atoms with Crippen LogP contribution in [-0.2, 0) is 0 Å². The average Bonchev–Trinajstić information content (AvgIpc) is 2.79. The van der Waals surface area contributed by atoms with Crippen LogP contribution in [0.15, 0.2) is 83.9 Å². The van der Waals surface area contributed by atoms with Crippen LogP contribution >= 0.6 is 0 Å². The van der Waals surface area contributed by atoms with Gasteiger partial charge in [-0.25, -0.2) is 4.99 Å². The summed E-state index contributed by atoms with van der Waals surface area (Å²) >= 11 is 0. The van der Waals surface area contributed by atoms with E-state index in [1.165, 1.54) is 24.0 Å². The summed E-state index contributed by atoms with van der Waals surface area (Å²) in [5.74, 6) is 8.01. The van der Waals surface area contributed by atoms with Gasteiger partial charge < -0.3 is 4.90 Å². The molecule has 0 aliphatic carbocycles. The average molecular weight is 393 g/mol. The summed E-state index contributed by atoms with van der Waals surface area (Å²) in [5, 5.41) is 0. The first-order valence-corrected chi connectivity index (χ1v) is 10.9. The summed E-state index contributed by atoms with van der Waals surface area (Å²) in [4.78, 5) is 7.38. The smallest absolute Gasteiger partial charge is 0.142 e. The van der Waals surface area contributed by atoms with Crippen molar-refractivity contribution in [2.24, 2.45) is 4.99 Å². The molecule has 2 nitrogen and oxygen atoms in total. The van der Waals surface area contributed by atoms with E-state index in [4.69, 9.17) is 4.99 Å².